The van der Waals surface area contributed by atoms with Gasteiger partial charge in [-0.1, -0.05) is 32.9 Å². The van der Waals surface area contributed by atoms with E-state index >= 15 is 0 Å². The van der Waals surface area contributed by atoms with Gasteiger partial charge in [0.1, 0.15) is 0 Å². The maximum atomic E-state index is 9.36. The molecule has 0 aliphatic carbocycles. The zero-order valence-corrected chi connectivity index (χ0v) is 7.23. The summed E-state index contributed by atoms with van der Waals surface area (Å²) in [6, 6.07) is 0. The van der Waals surface area contributed by atoms with E-state index in [0.29, 0.717) is 5.76 Å². The Kier molecular flexibility index (Phi) is 2.70. The zero-order valence-electron chi connectivity index (χ0n) is 7.23. The van der Waals surface area contributed by atoms with Crippen molar-refractivity contribution in [2.75, 3.05) is 0 Å². The molecule has 0 fully saturated rings. The lowest BCUT2D eigenvalue weighted by Gasteiger charge is -2.16. The van der Waals surface area contributed by atoms with Crippen LogP contribution in [0.2, 0.25) is 0 Å². The highest BCUT2D eigenvalue weighted by Crippen LogP contribution is 2.23. The molecule has 0 atom stereocenters. The van der Waals surface area contributed by atoms with Crippen molar-refractivity contribution < 1.29 is 5.11 Å². The van der Waals surface area contributed by atoms with Crippen molar-refractivity contribution in [1.82, 2.24) is 0 Å². The molecule has 0 aliphatic heterocycles. The summed E-state index contributed by atoms with van der Waals surface area (Å²) in [6.07, 6.45) is 1.69. The van der Waals surface area contributed by atoms with Gasteiger partial charge in [-0.3, -0.25) is 0 Å². The van der Waals surface area contributed by atoms with Crippen LogP contribution < -0.4 is 0 Å². The highest BCUT2D eigenvalue weighted by atomic mass is 16.3. The second-order valence-corrected chi connectivity index (χ2v) is 3.63. The summed E-state index contributed by atoms with van der Waals surface area (Å²) >= 11 is 0. The monoisotopic (exact) mass is 140 g/mol. The third-order valence-electron chi connectivity index (χ3n) is 1.15. The Morgan fingerprint density at radius 3 is 1.90 bits per heavy atom. The van der Waals surface area contributed by atoms with E-state index in [4.69, 9.17) is 0 Å². The van der Waals surface area contributed by atoms with Crippen LogP contribution in [0.1, 0.15) is 27.7 Å². The second kappa shape index (κ2) is 2.91. The number of hydrogen-bond donors (Lipinski definition) is 1. The first-order chi connectivity index (χ1) is 4.34. The summed E-state index contributed by atoms with van der Waals surface area (Å²) in [7, 11) is 0. The normalized spacial score (nSPS) is 13.4. The molecule has 0 aromatic carbocycles. The minimum Gasteiger partial charge on any atom is -0.512 e. The Morgan fingerprint density at radius 2 is 1.80 bits per heavy atom. The second-order valence-electron chi connectivity index (χ2n) is 3.63. The maximum absolute atomic E-state index is 9.36. The summed E-state index contributed by atoms with van der Waals surface area (Å²) in [5.74, 6) is 0.389. The van der Waals surface area contributed by atoms with Crippen LogP contribution in [-0.2, 0) is 0 Å². The summed E-state index contributed by atoms with van der Waals surface area (Å²) in [5.41, 5.74) is 0.728. The Morgan fingerprint density at radius 1 is 1.40 bits per heavy atom. The van der Waals surface area contributed by atoms with E-state index in [1.807, 2.05) is 27.7 Å². The first-order valence-corrected chi connectivity index (χ1v) is 3.40. The van der Waals surface area contributed by atoms with Crippen LogP contribution in [0.4, 0.5) is 0 Å². The van der Waals surface area contributed by atoms with Gasteiger partial charge in [0, 0.05) is 5.41 Å². The minimum atomic E-state index is -0.154. The van der Waals surface area contributed by atoms with Crippen molar-refractivity contribution in [3.8, 4) is 0 Å². The molecule has 0 aromatic heterocycles. The van der Waals surface area contributed by atoms with Gasteiger partial charge in [0.25, 0.3) is 0 Å². The fraction of sp³-hybridized carbons (Fsp3) is 0.556. The van der Waals surface area contributed by atoms with E-state index in [1.54, 1.807) is 6.08 Å². The summed E-state index contributed by atoms with van der Waals surface area (Å²) in [5, 5.41) is 9.36. The van der Waals surface area contributed by atoms with Crippen molar-refractivity contribution in [2.45, 2.75) is 27.7 Å². The van der Waals surface area contributed by atoms with Gasteiger partial charge in [0.15, 0.2) is 0 Å². The van der Waals surface area contributed by atoms with Gasteiger partial charge < -0.3 is 5.11 Å². The molecular weight excluding hydrogens is 124 g/mol. The van der Waals surface area contributed by atoms with Crippen molar-refractivity contribution in [1.29, 1.82) is 0 Å². The number of hydrogen-bond acceptors (Lipinski definition) is 1. The fourth-order valence-electron chi connectivity index (χ4n) is 0.450. The molecule has 0 amide bonds. The molecule has 0 saturated heterocycles. The largest absolute Gasteiger partial charge is 0.512 e. The SMILES string of the molecule is C=C(C)/C=C(\O)C(C)(C)C. The third kappa shape index (κ3) is 3.33. The quantitative estimate of drug-likeness (QED) is 0.438. The van der Waals surface area contributed by atoms with Gasteiger partial charge in [-0.05, 0) is 13.0 Å². The molecular formula is C9H16O. The van der Waals surface area contributed by atoms with Crippen LogP contribution in [0.15, 0.2) is 24.0 Å². The van der Waals surface area contributed by atoms with E-state index in [-0.39, 0.29) is 5.41 Å². The van der Waals surface area contributed by atoms with E-state index in [1.165, 1.54) is 0 Å². The van der Waals surface area contributed by atoms with E-state index < -0.39 is 0 Å². The van der Waals surface area contributed by atoms with Gasteiger partial charge in [-0.25, -0.2) is 0 Å². The summed E-state index contributed by atoms with van der Waals surface area (Å²) in [4.78, 5) is 0. The lowest BCUT2D eigenvalue weighted by molar-refractivity contribution is 0.277. The van der Waals surface area contributed by atoms with Crippen molar-refractivity contribution >= 4 is 0 Å². The van der Waals surface area contributed by atoms with E-state index in [2.05, 4.69) is 6.58 Å². The molecule has 1 nitrogen and oxygen atoms in total. The lowest BCUT2D eigenvalue weighted by Crippen LogP contribution is -2.08. The Balaban J connectivity index is 4.35. The first-order valence-electron chi connectivity index (χ1n) is 3.40. The maximum Gasteiger partial charge on any atom is 0.0978 e. The predicted octanol–water partition coefficient (Wildman–Crippen LogP) is 3.05. The topological polar surface area (TPSA) is 20.2 Å². The highest BCUT2D eigenvalue weighted by molar-refractivity contribution is 5.17. The highest BCUT2D eigenvalue weighted by Gasteiger charge is 2.14. The lowest BCUT2D eigenvalue weighted by atomic mass is 9.93. The van der Waals surface area contributed by atoms with Crippen LogP contribution in [-0.4, -0.2) is 5.11 Å². The summed E-state index contributed by atoms with van der Waals surface area (Å²) < 4.78 is 0. The average Bonchev–Trinajstić information content (AvgIpc) is 1.60. The third-order valence-corrected chi connectivity index (χ3v) is 1.15. The Labute approximate surface area is 63.1 Å². The fourth-order valence-corrected chi connectivity index (χ4v) is 0.450. The smallest absolute Gasteiger partial charge is 0.0978 e. The molecule has 58 valence electrons. The molecule has 0 spiro atoms. The van der Waals surface area contributed by atoms with Gasteiger partial charge in [0.2, 0.25) is 0 Å². The van der Waals surface area contributed by atoms with Gasteiger partial charge in [0.05, 0.1) is 5.76 Å². The Bertz CT molecular complexity index is 158. The summed E-state index contributed by atoms with van der Waals surface area (Å²) in [6.45, 7) is 11.4. The molecule has 10 heavy (non-hydrogen) atoms. The zero-order chi connectivity index (χ0) is 8.36. The van der Waals surface area contributed by atoms with Crippen LogP contribution in [0.3, 0.4) is 0 Å². The molecule has 1 heteroatoms. The number of aliphatic hydroxyl groups is 1. The number of rotatable bonds is 1. The van der Waals surface area contributed by atoms with E-state index in [9.17, 15) is 5.11 Å². The number of aliphatic hydroxyl groups excluding tert-OH is 1. The standard InChI is InChI=1S/C9H16O/c1-7(2)6-8(10)9(3,4)5/h6,10H,1H2,2-5H3/b8-6-. The molecule has 0 aromatic rings. The first kappa shape index (κ1) is 9.28. The van der Waals surface area contributed by atoms with Crippen molar-refractivity contribution in [2.24, 2.45) is 5.41 Å². The Hall–Kier alpha value is -0.720. The molecule has 0 bridgehead atoms. The molecule has 0 saturated carbocycles. The number of allylic oxidation sites excluding steroid dienone is 3. The molecule has 0 unspecified atom stereocenters. The van der Waals surface area contributed by atoms with Crippen LogP contribution >= 0.6 is 0 Å². The van der Waals surface area contributed by atoms with Crippen LogP contribution in [0, 0.1) is 5.41 Å². The van der Waals surface area contributed by atoms with Gasteiger partial charge in [-0.2, -0.15) is 0 Å². The van der Waals surface area contributed by atoms with Gasteiger partial charge >= 0.3 is 0 Å². The van der Waals surface area contributed by atoms with Crippen LogP contribution in [0.5, 0.6) is 0 Å². The molecule has 0 aliphatic rings. The van der Waals surface area contributed by atoms with E-state index in [0.717, 1.165) is 5.57 Å². The predicted molar refractivity (Wildman–Crippen MR) is 45.0 cm³/mol. The molecule has 1 N–H and O–H groups in total. The van der Waals surface area contributed by atoms with Crippen molar-refractivity contribution in [3.05, 3.63) is 24.0 Å². The molecule has 0 rings (SSSR count). The minimum absolute atomic E-state index is 0.154. The van der Waals surface area contributed by atoms with Crippen LogP contribution in [0.25, 0.3) is 0 Å². The van der Waals surface area contributed by atoms with Crippen molar-refractivity contribution in [3.63, 3.8) is 0 Å². The van der Waals surface area contributed by atoms with Gasteiger partial charge in [-0.15, -0.1) is 0 Å². The molecule has 0 heterocycles. The molecule has 0 radical (unpaired) electrons. The average molecular weight is 140 g/mol.